The Morgan fingerprint density at radius 3 is 2.58 bits per heavy atom. The maximum absolute atomic E-state index is 14.4. The Hall–Kier alpha value is -2.44. The number of nitrogens with one attached hydrogen (secondary N) is 1. The largest absolute Gasteiger partial charge is 0.493 e. The first-order valence-electron chi connectivity index (χ1n) is 11.1. The Balaban J connectivity index is 1.53. The highest BCUT2D eigenvalue weighted by Crippen LogP contribution is 2.32. The van der Waals surface area contributed by atoms with Gasteiger partial charge in [0.15, 0.2) is 0 Å². The zero-order valence-corrected chi connectivity index (χ0v) is 18.4. The number of anilines is 1. The van der Waals surface area contributed by atoms with Gasteiger partial charge in [0.1, 0.15) is 11.6 Å². The molecular formula is C25H33FN2O3. The van der Waals surface area contributed by atoms with Crippen LogP contribution in [-0.2, 0) is 11.3 Å². The van der Waals surface area contributed by atoms with Crippen LogP contribution in [0.3, 0.4) is 0 Å². The maximum Gasteiger partial charge on any atom is 0.230 e. The summed E-state index contributed by atoms with van der Waals surface area (Å²) in [7, 11) is 0. The molecule has 1 saturated heterocycles. The monoisotopic (exact) mass is 428 g/mol. The summed E-state index contributed by atoms with van der Waals surface area (Å²) in [6, 6.07) is 14.7. The Bertz CT molecular complexity index is 851. The van der Waals surface area contributed by atoms with Crippen LogP contribution in [0, 0.1) is 11.7 Å². The van der Waals surface area contributed by atoms with E-state index in [4.69, 9.17) is 4.74 Å². The fraction of sp³-hybridized carbons (Fsp3) is 0.480. The number of nitrogens with zero attached hydrogens (tertiary/aromatic N) is 1. The fourth-order valence-corrected chi connectivity index (χ4v) is 3.88. The van der Waals surface area contributed by atoms with E-state index in [1.165, 1.54) is 17.7 Å². The lowest BCUT2D eigenvalue weighted by Gasteiger charge is -2.41. The fourth-order valence-electron chi connectivity index (χ4n) is 3.88. The van der Waals surface area contributed by atoms with Gasteiger partial charge >= 0.3 is 0 Å². The number of benzene rings is 2. The molecule has 6 heteroatoms. The van der Waals surface area contributed by atoms with Gasteiger partial charge in [0.2, 0.25) is 5.91 Å². The molecule has 0 aliphatic carbocycles. The summed E-state index contributed by atoms with van der Waals surface area (Å²) in [4.78, 5) is 15.0. The zero-order chi connectivity index (χ0) is 22.3. The number of halogens is 1. The Labute approximate surface area is 184 Å². The highest BCUT2D eigenvalue weighted by molar-refractivity contribution is 5.93. The van der Waals surface area contributed by atoms with E-state index in [0.717, 1.165) is 19.4 Å². The number of carbonyl (C=O) groups is 1. The number of aliphatic hydroxyl groups is 1. The number of likely N-dealkylation sites (tertiary alicyclic amines) is 1. The van der Waals surface area contributed by atoms with Gasteiger partial charge < -0.3 is 15.2 Å². The molecule has 168 valence electrons. The number of ether oxygens (including phenoxy) is 1. The predicted octanol–water partition coefficient (Wildman–Crippen LogP) is 4.61. The van der Waals surface area contributed by atoms with Gasteiger partial charge in [-0.2, -0.15) is 0 Å². The van der Waals surface area contributed by atoms with Crippen LogP contribution in [0.15, 0.2) is 48.5 Å². The number of hydrogen-bond acceptors (Lipinski definition) is 4. The van der Waals surface area contributed by atoms with Crippen LogP contribution in [0.4, 0.5) is 10.1 Å². The van der Waals surface area contributed by atoms with E-state index in [-0.39, 0.29) is 11.6 Å². The lowest BCUT2D eigenvalue weighted by Crippen LogP contribution is -2.51. The van der Waals surface area contributed by atoms with Gasteiger partial charge in [-0.1, -0.05) is 50.6 Å². The highest BCUT2D eigenvalue weighted by atomic mass is 19.1. The normalized spacial score (nSPS) is 17.2. The molecule has 1 fully saturated rings. The second-order valence-corrected chi connectivity index (χ2v) is 8.42. The third-order valence-electron chi connectivity index (χ3n) is 6.14. The number of piperidine rings is 1. The van der Waals surface area contributed by atoms with Crippen LogP contribution in [-0.4, -0.2) is 41.2 Å². The van der Waals surface area contributed by atoms with Crippen molar-refractivity contribution in [3.05, 3.63) is 59.9 Å². The van der Waals surface area contributed by atoms with E-state index in [1.54, 1.807) is 13.0 Å². The molecule has 2 N–H and O–H groups in total. The molecule has 0 radical (unpaired) electrons. The summed E-state index contributed by atoms with van der Waals surface area (Å²) in [6.45, 7) is 6.55. The molecule has 0 saturated carbocycles. The predicted molar refractivity (Wildman–Crippen MR) is 120 cm³/mol. The van der Waals surface area contributed by atoms with Gasteiger partial charge in [-0.15, -0.1) is 0 Å². The van der Waals surface area contributed by atoms with Gasteiger partial charge in [0.05, 0.1) is 23.8 Å². The highest BCUT2D eigenvalue weighted by Gasteiger charge is 2.41. The quantitative estimate of drug-likeness (QED) is 0.573. The molecule has 2 aromatic carbocycles. The number of unbranched alkanes of at least 4 members (excludes halogenated alkanes) is 1. The average Bonchev–Trinajstić information content (AvgIpc) is 2.77. The summed E-state index contributed by atoms with van der Waals surface area (Å²) in [5, 5.41) is 13.7. The van der Waals surface area contributed by atoms with Crippen molar-refractivity contribution in [3.8, 4) is 5.75 Å². The van der Waals surface area contributed by atoms with E-state index in [9.17, 15) is 14.3 Å². The summed E-state index contributed by atoms with van der Waals surface area (Å²) < 4.78 is 19.9. The molecular weight excluding hydrogens is 395 g/mol. The van der Waals surface area contributed by atoms with Crippen LogP contribution < -0.4 is 10.1 Å². The number of carbonyl (C=O) groups excluding carboxylic acids is 1. The number of rotatable bonds is 9. The van der Waals surface area contributed by atoms with Crippen molar-refractivity contribution in [2.75, 3.05) is 25.0 Å². The van der Waals surface area contributed by atoms with Gasteiger partial charge in [-0.3, -0.25) is 9.69 Å². The minimum Gasteiger partial charge on any atom is -0.493 e. The van der Waals surface area contributed by atoms with E-state index in [1.807, 2.05) is 18.2 Å². The Kier molecular flexibility index (Phi) is 8.04. The van der Waals surface area contributed by atoms with E-state index in [0.29, 0.717) is 38.3 Å². The molecule has 3 rings (SSSR count). The SMILES string of the molecule is CCCCOc1ccc(NC(=O)C(C)C2(O)CCN(Cc3ccccc3)CC2)c(F)c1. The van der Waals surface area contributed by atoms with Gasteiger partial charge in [0, 0.05) is 25.7 Å². The second kappa shape index (κ2) is 10.7. The summed E-state index contributed by atoms with van der Waals surface area (Å²) >= 11 is 0. The third-order valence-corrected chi connectivity index (χ3v) is 6.14. The smallest absolute Gasteiger partial charge is 0.230 e. The summed E-state index contributed by atoms with van der Waals surface area (Å²) in [5.74, 6) is -1.12. The van der Waals surface area contributed by atoms with Crippen molar-refractivity contribution in [2.45, 2.75) is 51.7 Å². The molecule has 0 bridgehead atoms. The third kappa shape index (κ3) is 6.28. The zero-order valence-electron chi connectivity index (χ0n) is 18.4. The Morgan fingerprint density at radius 1 is 1.23 bits per heavy atom. The van der Waals surface area contributed by atoms with Crippen molar-refractivity contribution in [2.24, 2.45) is 5.92 Å². The van der Waals surface area contributed by atoms with Crippen LogP contribution in [0.2, 0.25) is 0 Å². The molecule has 1 amide bonds. The molecule has 1 aliphatic rings. The number of hydrogen-bond donors (Lipinski definition) is 2. The summed E-state index contributed by atoms with van der Waals surface area (Å²) in [5.41, 5.74) is 0.234. The first-order chi connectivity index (χ1) is 14.9. The van der Waals surface area contributed by atoms with Crippen molar-refractivity contribution in [1.82, 2.24) is 4.90 Å². The second-order valence-electron chi connectivity index (χ2n) is 8.42. The minimum absolute atomic E-state index is 0.102. The van der Waals surface area contributed by atoms with Crippen molar-refractivity contribution in [3.63, 3.8) is 0 Å². The topological polar surface area (TPSA) is 61.8 Å². The first kappa shape index (κ1) is 23.2. The Morgan fingerprint density at radius 2 is 1.94 bits per heavy atom. The maximum atomic E-state index is 14.4. The minimum atomic E-state index is -1.10. The van der Waals surface area contributed by atoms with Gasteiger partial charge in [-0.25, -0.2) is 4.39 Å². The molecule has 0 aromatic heterocycles. The molecule has 1 unspecified atom stereocenters. The van der Waals surface area contributed by atoms with Crippen molar-refractivity contribution >= 4 is 11.6 Å². The van der Waals surface area contributed by atoms with E-state index in [2.05, 4.69) is 29.3 Å². The van der Waals surface area contributed by atoms with Gasteiger partial charge in [0.25, 0.3) is 0 Å². The van der Waals surface area contributed by atoms with E-state index >= 15 is 0 Å². The van der Waals surface area contributed by atoms with E-state index < -0.39 is 17.3 Å². The average molecular weight is 429 g/mol. The van der Waals surface area contributed by atoms with Crippen molar-refractivity contribution in [1.29, 1.82) is 0 Å². The van der Waals surface area contributed by atoms with Crippen LogP contribution in [0.25, 0.3) is 0 Å². The van der Waals surface area contributed by atoms with Crippen LogP contribution in [0.1, 0.15) is 45.1 Å². The van der Waals surface area contributed by atoms with Crippen LogP contribution in [0.5, 0.6) is 5.75 Å². The molecule has 1 aliphatic heterocycles. The molecule has 0 spiro atoms. The van der Waals surface area contributed by atoms with Gasteiger partial charge in [-0.05, 0) is 37.0 Å². The number of amides is 1. The first-order valence-corrected chi connectivity index (χ1v) is 11.1. The lowest BCUT2D eigenvalue weighted by atomic mass is 9.80. The van der Waals surface area contributed by atoms with Crippen LogP contribution >= 0.6 is 0 Å². The molecule has 1 atom stereocenters. The van der Waals surface area contributed by atoms with Crippen molar-refractivity contribution < 1.29 is 19.0 Å². The molecule has 5 nitrogen and oxygen atoms in total. The summed E-state index contributed by atoms with van der Waals surface area (Å²) in [6.07, 6.45) is 2.91. The lowest BCUT2D eigenvalue weighted by molar-refractivity contribution is -0.132. The molecule has 31 heavy (non-hydrogen) atoms. The molecule has 2 aromatic rings. The standard InChI is InChI=1S/C25H33FN2O3/c1-3-4-16-31-21-10-11-23(22(26)17-21)27-24(29)19(2)25(30)12-14-28(15-13-25)18-20-8-6-5-7-9-20/h5-11,17,19,30H,3-4,12-16,18H2,1-2H3,(H,27,29). The molecule has 1 heterocycles.